The van der Waals surface area contributed by atoms with Gasteiger partial charge in [-0.15, -0.1) is 0 Å². The largest absolute Gasteiger partial charge is 0.353 e. The molecule has 0 unspecified atom stereocenters. The first-order valence-corrected chi connectivity index (χ1v) is 9.98. The van der Waals surface area contributed by atoms with E-state index in [1.54, 1.807) is 6.92 Å². The highest BCUT2D eigenvalue weighted by Gasteiger charge is 2.27. The summed E-state index contributed by atoms with van der Waals surface area (Å²) in [6, 6.07) is 5.16. The second kappa shape index (κ2) is 8.53. The number of carbonyl (C=O) groups is 2. The van der Waals surface area contributed by atoms with Crippen molar-refractivity contribution in [1.29, 1.82) is 0 Å². The number of nitrogens with zero attached hydrogens (tertiary/aromatic N) is 1. The van der Waals surface area contributed by atoms with Gasteiger partial charge in [-0.2, -0.15) is 0 Å². The fourth-order valence-corrected chi connectivity index (χ4v) is 3.90. The van der Waals surface area contributed by atoms with Crippen LogP contribution >= 0.6 is 0 Å². The maximum Gasteiger partial charge on any atom is 0.220 e. The maximum absolute atomic E-state index is 12.8. The molecule has 8 heteroatoms. The van der Waals surface area contributed by atoms with E-state index in [1.807, 2.05) is 0 Å². The summed E-state index contributed by atoms with van der Waals surface area (Å²) in [5.41, 5.74) is 0.382. The Balaban J connectivity index is 1.74. The van der Waals surface area contributed by atoms with Gasteiger partial charge in [-0.05, 0) is 44.0 Å². The van der Waals surface area contributed by atoms with Gasteiger partial charge in [-0.1, -0.05) is 0 Å². The Kier molecular flexibility index (Phi) is 6.66. The van der Waals surface area contributed by atoms with Crippen molar-refractivity contribution in [3.8, 4) is 0 Å². The van der Waals surface area contributed by atoms with E-state index in [9.17, 15) is 22.4 Å². The maximum atomic E-state index is 12.8. The van der Waals surface area contributed by atoms with E-state index in [0.29, 0.717) is 31.5 Å². The molecule has 0 atom stereocenters. The van der Waals surface area contributed by atoms with Crippen LogP contribution in [0.1, 0.15) is 43.0 Å². The van der Waals surface area contributed by atoms with Gasteiger partial charge < -0.3 is 5.32 Å². The highest BCUT2D eigenvalue weighted by atomic mass is 32.2. The second-order valence-corrected chi connectivity index (χ2v) is 8.33. The SMILES string of the molecule is CCS(=O)(=O)N1CCC(NC(=O)CCC(=O)c2ccc(F)cc2)CC1. The first-order chi connectivity index (χ1) is 11.8. The molecule has 1 fully saturated rings. The lowest BCUT2D eigenvalue weighted by Crippen LogP contribution is -2.46. The van der Waals surface area contributed by atoms with E-state index in [1.165, 1.54) is 28.6 Å². The lowest BCUT2D eigenvalue weighted by Gasteiger charge is -2.31. The van der Waals surface area contributed by atoms with Crippen LogP contribution in [0.2, 0.25) is 0 Å². The molecule has 1 heterocycles. The van der Waals surface area contributed by atoms with Crippen LogP contribution in [-0.4, -0.2) is 49.3 Å². The van der Waals surface area contributed by atoms with Crippen LogP contribution in [0.3, 0.4) is 0 Å². The van der Waals surface area contributed by atoms with Crippen molar-refractivity contribution in [3.05, 3.63) is 35.6 Å². The summed E-state index contributed by atoms with van der Waals surface area (Å²) in [5.74, 6) is -0.771. The van der Waals surface area contributed by atoms with Gasteiger partial charge in [0.05, 0.1) is 5.75 Å². The fraction of sp³-hybridized carbons (Fsp3) is 0.529. The molecule has 1 aromatic carbocycles. The first kappa shape index (κ1) is 19.5. The van der Waals surface area contributed by atoms with E-state index < -0.39 is 15.8 Å². The summed E-state index contributed by atoms with van der Waals surface area (Å²) in [6.45, 7) is 2.41. The van der Waals surface area contributed by atoms with Crippen molar-refractivity contribution < 1.29 is 22.4 Å². The molecule has 2 rings (SSSR count). The number of hydrogen-bond acceptors (Lipinski definition) is 4. The normalized spacial score (nSPS) is 16.6. The monoisotopic (exact) mass is 370 g/mol. The molecule has 0 spiro atoms. The average Bonchev–Trinajstić information content (AvgIpc) is 2.61. The Morgan fingerprint density at radius 1 is 1.16 bits per heavy atom. The van der Waals surface area contributed by atoms with Crippen LogP contribution in [0, 0.1) is 5.82 Å². The number of Topliss-reactive ketones (excluding diaryl/α,β-unsaturated/α-hetero) is 1. The minimum absolute atomic E-state index is 0.0561. The number of hydrogen-bond donors (Lipinski definition) is 1. The van der Waals surface area contributed by atoms with Gasteiger partial charge in [0, 0.05) is 37.5 Å². The van der Waals surface area contributed by atoms with Gasteiger partial charge >= 0.3 is 0 Å². The minimum Gasteiger partial charge on any atom is -0.353 e. The number of ketones is 1. The van der Waals surface area contributed by atoms with E-state index >= 15 is 0 Å². The molecule has 0 radical (unpaired) electrons. The third-order valence-electron chi connectivity index (χ3n) is 4.32. The van der Waals surface area contributed by atoms with Crippen LogP contribution in [0.25, 0.3) is 0 Å². The number of nitrogens with one attached hydrogen (secondary N) is 1. The van der Waals surface area contributed by atoms with Gasteiger partial charge in [0.15, 0.2) is 5.78 Å². The average molecular weight is 370 g/mol. The molecule has 138 valence electrons. The molecule has 1 amide bonds. The highest BCUT2D eigenvalue weighted by molar-refractivity contribution is 7.89. The Hall–Kier alpha value is -1.80. The molecule has 1 aliphatic heterocycles. The number of amides is 1. The van der Waals surface area contributed by atoms with Gasteiger partial charge in [-0.25, -0.2) is 17.1 Å². The molecular weight excluding hydrogens is 347 g/mol. The molecule has 0 aliphatic carbocycles. The molecule has 6 nitrogen and oxygen atoms in total. The van der Waals surface area contributed by atoms with Gasteiger partial charge in [0.2, 0.25) is 15.9 Å². The zero-order valence-electron chi connectivity index (χ0n) is 14.2. The number of carbonyl (C=O) groups excluding carboxylic acids is 2. The van der Waals surface area contributed by atoms with Crippen LogP contribution < -0.4 is 5.32 Å². The van der Waals surface area contributed by atoms with Gasteiger partial charge in [0.25, 0.3) is 0 Å². The first-order valence-electron chi connectivity index (χ1n) is 8.38. The zero-order valence-corrected chi connectivity index (χ0v) is 15.0. The van der Waals surface area contributed by atoms with E-state index in [-0.39, 0.29) is 36.3 Å². The summed E-state index contributed by atoms with van der Waals surface area (Å²) in [7, 11) is -3.18. The third kappa shape index (κ3) is 5.61. The van der Waals surface area contributed by atoms with Crippen molar-refractivity contribution in [3.63, 3.8) is 0 Å². The number of rotatable bonds is 7. The molecule has 1 aliphatic rings. The lowest BCUT2D eigenvalue weighted by atomic mass is 10.0. The Bertz CT molecular complexity index is 711. The summed E-state index contributed by atoms with van der Waals surface area (Å²) < 4.78 is 37.9. The van der Waals surface area contributed by atoms with Gasteiger partial charge in [-0.3, -0.25) is 9.59 Å². The van der Waals surface area contributed by atoms with E-state index in [0.717, 1.165) is 0 Å². The minimum atomic E-state index is -3.18. The number of benzene rings is 1. The summed E-state index contributed by atoms with van der Waals surface area (Å²) >= 11 is 0. The van der Waals surface area contributed by atoms with Crippen LogP contribution in [-0.2, 0) is 14.8 Å². The molecule has 0 bridgehead atoms. The molecule has 1 saturated heterocycles. The number of piperidine rings is 1. The zero-order chi connectivity index (χ0) is 18.4. The van der Waals surface area contributed by atoms with Crippen LogP contribution in [0.4, 0.5) is 4.39 Å². The topological polar surface area (TPSA) is 83.6 Å². The number of halogens is 1. The summed E-state index contributed by atoms with van der Waals surface area (Å²) in [4.78, 5) is 23.9. The van der Waals surface area contributed by atoms with E-state index in [2.05, 4.69) is 5.32 Å². The third-order valence-corrected chi connectivity index (χ3v) is 6.20. The lowest BCUT2D eigenvalue weighted by molar-refractivity contribution is -0.122. The molecule has 1 aromatic rings. The smallest absolute Gasteiger partial charge is 0.220 e. The number of sulfonamides is 1. The molecule has 25 heavy (non-hydrogen) atoms. The Labute approximate surface area is 147 Å². The summed E-state index contributed by atoms with van der Waals surface area (Å²) in [5, 5.41) is 2.85. The molecular formula is C17H23FN2O4S. The van der Waals surface area contributed by atoms with Crippen LogP contribution in [0.5, 0.6) is 0 Å². The predicted octanol–water partition coefficient (Wildman–Crippen LogP) is 1.72. The fourth-order valence-electron chi connectivity index (χ4n) is 2.77. The molecule has 0 aromatic heterocycles. The quantitative estimate of drug-likeness (QED) is 0.741. The van der Waals surface area contributed by atoms with Crippen LogP contribution in [0.15, 0.2) is 24.3 Å². The van der Waals surface area contributed by atoms with Crippen molar-refractivity contribution in [2.75, 3.05) is 18.8 Å². The Morgan fingerprint density at radius 2 is 1.76 bits per heavy atom. The van der Waals surface area contributed by atoms with E-state index in [4.69, 9.17) is 0 Å². The summed E-state index contributed by atoms with van der Waals surface area (Å²) in [6.07, 6.45) is 1.25. The standard InChI is InChI=1S/C17H23FN2O4S/c1-2-25(23,24)20-11-9-15(10-12-20)19-17(22)8-7-16(21)13-3-5-14(18)6-4-13/h3-6,15H,2,7-12H2,1H3,(H,19,22). The molecule has 0 saturated carbocycles. The van der Waals surface area contributed by atoms with Crippen molar-refractivity contribution >= 4 is 21.7 Å². The second-order valence-electron chi connectivity index (χ2n) is 6.07. The van der Waals surface area contributed by atoms with Crippen molar-refractivity contribution in [1.82, 2.24) is 9.62 Å². The predicted molar refractivity (Wildman–Crippen MR) is 92.2 cm³/mol. The van der Waals surface area contributed by atoms with Crippen molar-refractivity contribution in [2.45, 2.75) is 38.6 Å². The van der Waals surface area contributed by atoms with Crippen molar-refractivity contribution in [2.24, 2.45) is 0 Å². The Morgan fingerprint density at radius 3 is 2.32 bits per heavy atom. The highest BCUT2D eigenvalue weighted by Crippen LogP contribution is 2.15. The molecule has 1 N–H and O–H groups in total. The van der Waals surface area contributed by atoms with Gasteiger partial charge in [0.1, 0.15) is 5.82 Å².